The van der Waals surface area contributed by atoms with E-state index in [1.807, 2.05) is 0 Å². The van der Waals surface area contributed by atoms with Crippen LogP contribution < -0.4 is 4.90 Å². The van der Waals surface area contributed by atoms with Gasteiger partial charge in [0.1, 0.15) is 0 Å². The maximum absolute atomic E-state index is 12.2. The molecule has 0 aromatic heterocycles. The van der Waals surface area contributed by atoms with Crippen molar-refractivity contribution >= 4 is 45.0 Å². The molecule has 0 aliphatic carbocycles. The lowest BCUT2D eigenvalue weighted by Gasteiger charge is -2.21. The predicted molar refractivity (Wildman–Crippen MR) is 79.2 cm³/mol. The molecule has 1 aliphatic heterocycles. The van der Waals surface area contributed by atoms with Crippen molar-refractivity contribution in [2.75, 3.05) is 25.5 Å². The summed E-state index contributed by atoms with van der Waals surface area (Å²) in [6.45, 7) is 0.548. The van der Waals surface area contributed by atoms with Crippen LogP contribution >= 0.6 is 27.5 Å². The molecule has 1 atom stereocenters. The Hall–Kier alpha value is -1.07. The van der Waals surface area contributed by atoms with E-state index in [9.17, 15) is 9.59 Å². The third-order valence-corrected chi connectivity index (χ3v) is 3.81. The van der Waals surface area contributed by atoms with Gasteiger partial charge in [0, 0.05) is 36.9 Å². The summed E-state index contributed by atoms with van der Waals surface area (Å²) in [5.41, 5.74) is 1.07. The number of amides is 2. The van der Waals surface area contributed by atoms with E-state index in [0.29, 0.717) is 29.2 Å². The van der Waals surface area contributed by atoms with Crippen molar-refractivity contribution in [3.63, 3.8) is 0 Å². The Morgan fingerprint density at radius 3 is 2.68 bits per heavy atom. The zero-order chi connectivity index (χ0) is 14.2. The van der Waals surface area contributed by atoms with Crippen molar-refractivity contribution in [1.82, 2.24) is 4.90 Å². The van der Waals surface area contributed by atoms with Crippen LogP contribution in [0.15, 0.2) is 18.2 Å². The number of benzene rings is 1. The fourth-order valence-corrected chi connectivity index (χ4v) is 2.78. The molecular weight excluding hydrogens is 332 g/mol. The van der Waals surface area contributed by atoms with E-state index < -0.39 is 0 Å². The lowest BCUT2D eigenvalue weighted by Crippen LogP contribution is -2.29. The van der Waals surface area contributed by atoms with Gasteiger partial charge in [-0.05, 0) is 18.2 Å². The average Bonchev–Trinajstić information content (AvgIpc) is 2.67. The zero-order valence-electron chi connectivity index (χ0n) is 10.7. The Labute approximate surface area is 125 Å². The number of hydrogen-bond acceptors (Lipinski definition) is 2. The van der Waals surface area contributed by atoms with Crippen molar-refractivity contribution < 1.29 is 9.59 Å². The molecule has 0 spiro atoms. The van der Waals surface area contributed by atoms with Gasteiger partial charge >= 0.3 is 0 Å². The summed E-state index contributed by atoms with van der Waals surface area (Å²) in [6.07, 6.45) is 0.433. The van der Waals surface area contributed by atoms with Crippen LogP contribution in [0.3, 0.4) is 0 Å². The highest BCUT2D eigenvalue weighted by Crippen LogP contribution is 2.31. The van der Waals surface area contributed by atoms with Crippen LogP contribution in [0.2, 0.25) is 5.02 Å². The summed E-state index contributed by atoms with van der Waals surface area (Å²) in [7, 11) is 3.36. The van der Waals surface area contributed by atoms with Gasteiger partial charge in [-0.2, -0.15) is 0 Å². The Balaban J connectivity index is 2.46. The molecule has 1 fully saturated rings. The van der Waals surface area contributed by atoms with E-state index in [4.69, 9.17) is 11.6 Å². The van der Waals surface area contributed by atoms with Crippen molar-refractivity contribution in [2.24, 2.45) is 0 Å². The van der Waals surface area contributed by atoms with Crippen molar-refractivity contribution in [3.8, 4) is 0 Å². The quantitative estimate of drug-likeness (QED) is 0.773. The topological polar surface area (TPSA) is 40.6 Å². The molecule has 2 amide bonds. The predicted octanol–water partition coefficient (Wildman–Crippen LogP) is 2.54. The van der Waals surface area contributed by atoms with Gasteiger partial charge in [0.2, 0.25) is 5.91 Å². The van der Waals surface area contributed by atoms with E-state index in [1.165, 1.54) is 4.90 Å². The molecule has 0 radical (unpaired) electrons. The molecule has 0 bridgehead atoms. The SMILES string of the molecule is CN(C)C(=O)c1ccc(Cl)cc1N1CC(Br)CC1=O. The maximum atomic E-state index is 12.2. The largest absolute Gasteiger partial charge is 0.345 e. The number of alkyl halides is 1. The Bertz CT molecular complexity index is 533. The lowest BCUT2D eigenvalue weighted by atomic mass is 10.1. The number of anilines is 1. The van der Waals surface area contributed by atoms with E-state index >= 15 is 0 Å². The Morgan fingerprint density at radius 1 is 1.47 bits per heavy atom. The summed E-state index contributed by atoms with van der Waals surface area (Å²) >= 11 is 9.42. The molecule has 2 rings (SSSR count). The van der Waals surface area contributed by atoms with E-state index in [-0.39, 0.29) is 16.6 Å². The minimum atomic E-state index is -0.141. The van der Waals surface area contributed by atoms with E-state index in [1.54, 1.807) is 37.2 Å². The highest BCUT2D eigenvalue weighted by Gasteiger charge is 2.31. The molecule has 0 N–H and O–H groups in total. The van der Waals surface area contributed by atoms with Crippen LogP contribution in [-0.2, 0) is 4.79 Å². The second kappa shape index (κ2) is 5.51. The molecule has 1 aromatic rings. The van der Waals surface area contributed by atoms with Gasteiger partial charge in [-0.25, -0.2) is 0 Å². The highest BCUT2D eigenvalue weighted by molar-refractivity contribution is 9.09. The van der Waals surface area contributed by atoms with Crippen molar-refractivity contribution in [1.29, 1.82) is 0 Å². The summed E-state index contributed by atoms with van der Waals surface area (Å²) in [4.78, 5) is 27.3. The van der Waals surface area contributed by atoms with Gasteiger partial charge in [-0.1, -0.05) is 27.5 Å². The minimum absolute atomic E-state index is 0.00283. The van der Waals surface area contributed by atoms with Crippen LogP contribution in [-0.4, -0.2) is 42.2 Å². The number of nitrogens with zero attached hydrogens (tertiary/aromatic N) is 2. The van der Waals surface area contributed by atoms with Crippen molar-refractivity contribution in [2.45, 2.75) is 11.2 Å². The van der Waals surface area contributed by atoms with Gasteiger partial charge in [0.15, 0.2) is 0 Å². The third kappa shape index (κ3) is 2.92. The summed E-state index contributed by atoms with van der Waals surface area (Å²) in [6, 6.07) is 4.99. The molecule has 6 heteroatoms. The smallest absolute Gasteiger partial charge is 0.255 e. The molecular formula is C13H14BrClN2O2. The summed E-state index contributed by atoms with van der Waals surface area (Å²) < 4.78 is 0. The summed E-state index contributed by atoms with van der Waals surface area (Å²) in [5, 5.41) is 0.510. The molecule has 19 heavy (non-hydrogen) atoms. The van der Waals surface area contributed by atoms with Crippen LogP contribution in [0.5, 0.6) is 0 Å². The zero-order valence-corrected chi connectivity index (χ0v) is 13.0. The standard InChI is InChI=1S/C13H14BrClN2O2/c1-16(2)13(19)10-4-3-9(15)6-11(10)17-7-8(14)5-12(17)18/h3-4,6,8H,5,7H2,1-2H3. The number of carbonyl (C=O) groups excluding carboxylic acids is 2. The van der Waals surface area contributed by atoms with E-state index in [0.717, 1.165) is 0 Å². The Kier molecular flexibility index (Phi) is 4.16. The molecule has 1 saturated heterocycles. The highest BCUT2D eigenvalue weighted by atomic mass is 79.9. The first-order valence-electron chi connectivity index (χ1n) is 5.86. The average molecular weight is 346 g/mol. The molecule has 4 nitrogen and oxygen atoms in total. The molecule has 1 unspecified atom stereocenters. The minimum Gasteiger partial charge on any atom is -0.345 e. The molecule has 1 aromatic carbocycles. The maximum Gasteiger partial charge on any atom is 0.255 e. The third-order valence-electron chi connectivity index (χ3n) is 2.97. The monoisotopic (exact) mass is 344 g/mol. The molecule has 102 valence electrons. The second-order valence-electron chi connectivity index (χ2n) is 4.67. The van der Waals surface area contributed by atoms with Crippen LogP contribution in [0, 0.1) is 0 Å². The van der Waals surface area contributed by atoms with Crippen LogP contribution in [0.1, 0.15) is 16.8 Å². The molecule has 0 saturated carbocycles. The Morgan fingerprint density at radius 2 is 2.16 bits per heavy atom. The lowest BCUT2D eigenvalue weighted by molar-refractivity contribution is -0.117. The van der Waals surface area contributed by atoms with Gasteiger partial charge in [0.05, 0.1) is 11.3 Å². The fraction of sp³-hybridized carbons (Fsp3) is 0.385. The molecule has 1 aliphatic rings. The van der Waals surface area contributed by atoms with Gasteiger partial charge in [-0.15, -0.1) is 0 Å². The van der Waals surface area contributed by atoms with Crippen LogP contribution in [0.25, 0.3) is 0 Å². The first kappa shape index (κ1) is 14.3. The second-order valence-corrected chi connectivity index (χ2v) is 6.40. The van der Waals surface area contributed by atoms with Crippen molar-refractivity contribution in [3.05, 3.63) is 28.8 Å². The molecule has 1 heterocycles. The van der Waals surface area contributed by atoms with Gasteiger partial charge in [-0.3, -0.25) is 9.59 Å². The number of halogens is 2. The van der Waals surface area contributed by atoms with E-state index in [2.05, 4.69) is 15.9 Å². The first-order valence-corrected chi connectivity index (χ1v) is 7.15. The van der Waals surface area contributed by atoms with Gasteiger partial charge in [0.25, 0.3) is 5.91 Å². The fourth-order valence-electron chi connectivity index (χ4n) is 2.05. The summed E-state index contributed by atoms with van der Waals surface area (Å²) in [5.74, 6) is -0.144. The van der Waals surface area contributed by atoms with Gasteiger partial charge < -0.3 is 9.80 Å². The number of rotatable bonds is 2. The van der Waals surface area contributed by atoms with Crippen LogP contribution in [0.4, 0.5) is 5.69 Å². The first-order chi connectivity index (χ1) is 8.90. The normalized spacial score (nSPS) is 18.8. The number of carbonyl (C=O) groups is 2. The number of hydrogen-bond donors (Lipinski definition) is 0.